The molecule has 1 aromatic heterocycles. The molecule has 0 radical (unpaired) electrons. The summed E-state index contributed by atoms with van der Waals surface area (Å²) in [5.74, 6) is 1.77. The van der Waals surface area contributed by atoms with Crippen LogP contribution < -0.4 is 5.32 Å². The Morgan fingerprint density at radius 3 is 2.53 bits per heavy atom. The van der Waals surface area contributed by atoms with Crippen molar-refractivity contribution in [3.05, 3.63) is 17.6 Å². The summed E-state index contributed by atoms with van der Waals surface area (Å²) in [6.07, 6.45) is 0.873. The Hall–Kier alpha value is -1.20. The fourth-order valence-electron chi connectivity index (χ4n) is 1.96. The van der Waals surface area contributed by atoms with Crippen LogP contribution in [0.2, 0.25) is 0 Å². The summed E-state index contributed by atoms with van der Waals surface area (Å²) in [4.78, 5) is 11.5. The van der Waals surface area contributed by atoms with Crippen LogP contribution in [0.4, 0.5) is 5.82 Å². The van der Waals surface area contributed by atoms with Crippen LogP contribution in [0.5, 0.6) is 0 Å². The minimum absolute atomic E-state index is 0.527. The minimum Gasteiger partial charge on any atom is -0.378 e. The Balaban J connectivity index is 2.74. The van der Waals surface area contributed by atoms with Crippen LogP contribution in [-0.4, -0.2) is 48.2 Å². The molecule has 1 N–H and O–H groups in total. The van der Waals surface area contributed by atoms with E-state index in [1.807, 2.05) is 6.07 Å². The highest BCUT2D eigenvalue weighted by Gasteiger charge is 2.06. The molecule has 0 atom stereocenters. The van der Waals surface area contributed by atoms with Gasteiger partial charge in [0.15, 0.2) is 0 Å². The molecule has 0 fully saturated rings. The van der Waals surface area contributed by atoms with Crippen LogP contribution in [0.15, 0.2) is 6.07 Å². The molecule has 19 heavy (non-hydrogen) atoms. The van der Waals surface area contributed by atoms with Crippen LogP contribution in [-0.2, 0) is 17.8 Å². The van der Waals surface area contributed by atoms with Gasteiger partial charge in [-0.3, -0.25) is 0 Å². The minimum atomic E-state index is 0.527. The highest BCUT2D eigenvalue weighted by Crippen LogP contribution is 2.08. The zero-order chi connectivity index (χ0) is 14.1. The Morgan fingerprint density at radius 2 is 1.95 bits per heavy atom. The smallest absolute Gasteiger partial charge is 0.132 e. The molecule has 0 aromatic carbocycles. The molecule has 0 aliphatic rings. The van der Waals surface area contributed by atoms with Gasteiger partial charge < -0.3 is 15.0 Å². The standard InChI is InChI=1S/C14H26N4O/c1-5-15-14-10-12(11-19-4)16-13(17-14)8-9-18(6-2)7-3/h10H,5-9,11H2,1-4H3,(H,15,16,17). The van der Waals surface area contributed by atoms with Gasteiger partial charge in [-0.25, -0.2) is 9.97 Å². The Bertz CT molecular complexity index is 342. The van der Waals surface area contributed by atoms with E-state index in [1.165, 1.54) is 0 Å². The topological polar surface area (TPSA) is 50.3 Å². The molecular formula is C14H26N4O. The van der Waals surface area contributed by atoms with Gasteiger partial charge in [0.2, 0.25) is 0 Å². The van der Waals surface area contributed by atoms with Crippen molar-refractivity contribution in [1.29, 1.82) is 0 Å². The van der Waals surface area contributed by atoms with Crippen LogP contribution in [0.25, 0.3) is 0 Å². The first kappa shape index (κ1) is 15.9. The molecule has 0 spiro atoms. The summed E-state index contributed by atoms with van der Waals surface area (Å²) in [7, 11) is 1.69. The monoisotopic (exact) mass is 266 g/mol. The maximum Gasteiger partial charge on any atom is 0.132 e. The van der Waals surface area contributed by atoms with Crippen molar-refractivity contribution in [2.45, 2.75) is 33.8 Å². The molecule has 0 aliphatic heterocycles. The van der Waals surface area contributed by atoms with Crippen LogP contribution in [0, 0.1) is 0 Å². The second-order valence-electron chi connectivity index (χ2n) is 4.40. The molecule has 0 unspecified atom stereocenters. The highest BCUT2D eigenvalue weighted by molar-refractivity contribution is 5.35. The fourth-order valence-corrected chi connectivity index (χ4v) is 1.96. The maximum atomic E-state index is 5.16. The van der Waals surface area contributed by atoms with Crippen molar-refractivity contribution >= 4 is 5.82 Å². The third-order valence-electron chi connectivity index (χ3n) is 3.02. The first-order chi connectivity index (χ1) is 9.23. The number of likely N-dealkylation sites (N-methyl/N-ethyl adjacent to an activating group) is 1. The lowest BCUT2D eigenvalue weighted by Gasteiger charge is -2.17. The van der Waals surface area contributed by atoms with E-state index < -0.39 is 0 Å². The number of nitrogens with one attached hydrogen (secondary N) is 1. The summed E-state index contributed by atoms with van der Waals surface area (Å²) >= 11 is 0. The lowest BCUT2D eigenvalue weighted by atomic mass is 10.3. The first-order valence-corrected chi connectivity index (χ1v) is 7.05. The lowest BCUT2D eigenvalue weighted by Crippen LogP contribution is -2.26. The number of anilines is 1. The first-order valence-electron chi connectivity index (χ1n) is 7.05. The second kappa shape index (κ2) is 8.82. The van der Waals surface area contributed by atoms with Crippen molar-refractivity contribution < 1.29 is 4.74 Å². The second-order valence-corrected chi connectivity index (χ2v) is 4.40. The predicted octanol–water partition coefficient (Wildman–Crippen LogP) is 1.94. The van der Waals surface area contributed by atoms with Gasteiger partial charge in [0.1, 0.15) is 11.6 Å². The van der Waals surface area contributed by atoms with E-state index in [-0.39, 0.29) is 0 Å². The summed E-state index contributed by atoms with van der Waals surface area (Å²) < 4.78 is 5.16. The molecule has 0 aliphatic carbocycles. The summed E-state index contributed by atoms with van der Waals surface area (Å²) in [6.45, 7) is 10.9. The van der Waals surface area contributed by atoms with Crippen molar-refractivity contribution in [3.8, 4) is 0 Å². The predicted molar refractivity (Wildman–Crippen MR) is 78.4 cm³/mol. The molecular weight excluding hydrogens is 240 g/mol. The third kappa shape index (κ3) is 5.53. The molecule has 0 saturated heterocycles. The van der Waals surface area contributed by atoms with Crippen molar-refractivity contribution in [3.63, 3.8) is 0 Å². The van der Waals surface area contributed by atoms with Gasteiger partial charge in [0, 0.05) is 32.7 Å². The van der Waals surface area contributed by atoms with E-state index in [0.29, 0.717) is 6.61 Å². The fraction of sp³-hybridized carbons (Fsp3) is 0.714. The van der Waals surface area contributed by atoms with E-state index in [4.69, 9.17) is 4.74 Å². The number of hydrogen-bond donors (Lipinski definition) is 1. The molecule has 1 rings (SSSR count). The average Bonchev–Trinajstić information content (AvgIpc) is 2.40. The van der Waals surface area contributed by atoms with Gasteiger partial charge >= 0.3 is 0 Å². The number of hydrogen-bond acceptors (Lipinski definition) is 5. The molecule has 0 saturated carbocycles. The number of aromatic nitrogens is 2. The van der Waals surface area contributed by atoms with Gasteiger partial charge in [0.25, 0.3) is 0 Å². The van der Waals surface area contributed by atoms with Gasteiger partial charge in [-0.2, -0.15) is 0 Å². The van der Waals surface area contributed by atoms with Crippen molar-refractivity contribution in [2.75, 3.05) is 38.6 Å². The van der Waals surface area contributed by atoms with Crippen molar-refractivity contribution in [1.82, 2.24) is 14.9 Å². The van der Waals surface area contributed by atoms with Crippen molar-refractivity contribution in [2.24, 2.45) is 0 Å². The summed E-state index contributed by atoms with van der Waals surface area (Å²) in [5, 5.41) is 3.24. The molecule has 5 nitrogen and oxygen atoms in total. The van der Waals surface area contributed by atoms with Crippen LogP contribution in [0.3, 0.4) is 0 Å². The van der Waals surface area contributed by atoms with Crippen LogP contribution >= 0.6 is 0 Å². The Labute approximate surface area is 116 Å². The summed E-state index contributed by atoms with van der Waals surface area (Å²) in [6, 6.07) is 1.95. The van der Waals surface area contributed by atoms with Gasteiger partial charge in [-0.1, -0.05) is 13.8 Å². The number of ether oxygens (including phenoxy) is 1. The van der Waals surface area contributed by atoms with E-state index in [1.54, 1.807) is 7.11 Å². The van der Waals surface area contributed by atoms with E-state index in [2.05, 4.69) is 41.0 Å². The molecule has 0 amide bonds. The number of methoxy groups -OCH3 is 1. The summed E-state index contributed by atoms with van der Waals surface area (Å²) in [5.41, 5.74) is 0.933. The molecule has 1 heterocycles. The zero-order valence-electron chi connectivity index (χ0n) is 12.6. The molecule has 1 aromatic rings. The maximum absolute atomic E-state index is 5.16. The third-order valence-corrected chi connectivity index (χ3v) is 3.02. The van der Waals surface area contributed by atoms with E-state index in [9.17, 15) is 0 Å². The molecule has 108 valence electrons. The lowest BCUT2D eigenvalue weighted by molar-refractivity contribution is 0.181. The quantitative estimate of drug-likeness (QED) is 0.740. The largest absolute Gasteiger partial charge is 0.378 e. The molecule has 0 bridgehead atoms. The van der Waals surface area contributed by atoms with E-state index >= 15 is 0 Å². The average molecular weight is 266 g/mol. The van der Waals surface area contributed by atoms with Crippen LogP contribution in [0.1, 0.15) is 32.3 Å². The van der Waals surface area contributed by atoms with Gasteiger partial charge in [-0.15, -0.1) is 0 Å². The number of nitrogens with zero attached hydrogens (tertiary/aromatic N) is 3. The Morgan fingerprint density at radius 1 is 1.21 bits per heavy atom. The Kier molecular flexibility index (Phi) is 7.36. The SMILES string of the molecule is CCNc1cc(COC)nc(CCN(CC)CC)n1. The van der Waals surface area contributed by atoms with Gasteiger partial charge in [0.05, 0.1) is 12.3 Å². The number of rotatable bonds is 9. The zero-order valence-corrected chi connectivity index (χ0v) is 12.6. The van der Waals surface area contributed by atoms with E-state index in [0.717, 1.165) is 49.9 Å². The molecule has 5 heteroatoms. The normalized spacial score (nSPS) is 11.0. The van der Waals surface area contributed by atoms with Gasteiger partial charge in [-0.05, 0) is 20.0 Å². The highest BCUT2D eigenvalue weighted by atomic mass is 16.5.